The van der Waals surface area contributed by atoms with E-state index in [4.69, 9.17) is 11.6 Å². The van der Waals surface area contributed by atoms with Crippen molar-refractivity contribution in [1.29, 1.82) is 0 Å². The highest BCUT2D eigenvalue weighted by molar-refractivity contribution is 9.10. The summed E-state index contributed by atoms with van der Waals surface area (Å²) in [4.78, 5) is 4.31. The maximum Gasteiger partial charge on any atom is 0.138 e. The lowest BCUT2D eigenvalue weighted by Gasteiger charge is -2.18. The molecule has 0 aliphatic rings. The average Bonchev–Trinajstić information content (AvgIpc) is 2.86. The van der Waals surface area contributed by atoms with Gasteiger partial charge in [-0.05, 0) is 37.7 Å². The first-order valence-electron chi connectivity index (χ1n) is 6.14. The number of halogens is 2. The van der Waals surface area contributed by atoms with Crippen LogP contribution in [0.5, 0.6) is 0 Å². The second-order valence-electron chi connectivity index (χ2n) is 4.20. The number of benzene rings is 1. The molecule has 0 aliphatic carbocycles. The molecule has 1 N–H and O–H groups in total. The van der Waals surface area contributed by atoms with E-state index in [0.29, 0.717) is 0 Å². The van der Waals surface area contributed by atoms with Crippen molar-refractivity contribution >= 4 is 27.5 Å². The second-order valence-corrected chi connectivity index (χ2v) is 5.53. The Morgan fingerprint density at radius 3 is 2.95 bits per heavy atom. The molecule has 1 unspecified atom stereocenters. The van der Waals surface area contributed by atoms with Crippen LogP contribution in [-0.2, 0) is 13.0 Å². The molecule has 2 rings (SSSR count). The maximum absolute atomic E-state index is 6.28. The van der Waals surface area contributed by atoms with Gasteiger partial charge in [-0.25, -0.2) is 4.98 Å². The highest BCUT2D eigenvalue weighted by Crippen LogP contribution is 2.28. The third-order valence-electron chi connectivity index (χ3n) is 3.06. The Bertz CT molecular complexity index is 555. The molecule has 19 heavy (non-hydrogen) atoms. The maximum atomic E-state index is 6.28. The normalized spacial score (nSPS) is 12.6. The van der Waals surface area contributed by atoms with Crippen molar-refractivity contribution in [2.45, 2.75) is 25.9 Å². The van der Waals surface area contributed by atoms with E-state index in [2.05, 4.69) is 38.3 Å². The van der Waals surface area contributed by atoms with Gasteiger partial charge in [0.2, 0.25) is 0 Å². The Kier molecular flexibility index (Phi) is 4.96. The number of aromatic nitrogens is 3. The van der Waals surface area contributed by atoms with Crippen LogP contribution in [0, 0.1) is 0 Å². The zero-order chi connectivity index (χ0) is 13.8. The predicted molar refractivity (Wildman–Crippen MR) is 80.4 cm³/mol. The third kappa shape index (κ3) is 3.35. The van der Waals surface area contributed by atoms with E-state index in [1.807, 2.05) is 29.9 Å². The molecule has 4 nitrogen and oxygen atoms in total. The van der Waals surface area contributed by atoms with Gasteiger partial charge in [-0.2, -0.15) is 5.10 Å². The van der Waals surface area contributed by atoms with E-state index in [1.54, 1.807) is 6.33 Å². The highest BCUT2D eigenvalue weighted by Gasteiger charge is 2.16. The van der Waals surface area contributed by atoms with Gasteiger partial charge in [0.15, 0.2) is 0 Å². The van der Waals surface area contributed by atoms with Crippen molar-refractivity contribution in [3.63, 3.8) is 0 Å². The molecule has 6 heteroatoms. The summed E-state index contributed by atoms with van der Waals surface area (Å²) >= 11 is 9.76. The van der Waals surface area contributed by atoms with E-state index in [1.165, 1.54) is 0 Å². The Balaban J connectivity index is 2.27. The average molecular weight is 344 g/mol. The highest BCUT2D eigenvalue weighted by atomic mass is 79.9. The number of rotatable bonds is 5. The van der Waals surface area contributed by atoms with Gasteiger partial charge in [0.05, 0.1) is 0 Å². The summed E-state index contributed by atoms with van der Waals surface area (Å²) in [5, 5.41) is 8.24. The van der Waals surface area contributed by atoms with E-state index >= 15 is 0 Å². The summed E-state index contributed by atoms with van der Waals surface area (Å²) in [6, 6.07) is 5.98. The molecule has 0 radical (unpaired) electrons. The van der Waals surface area contributed by atoms with Crippen LogP contribution in [-0.4, -0.2) is 21.8 Å². The molecular formula is C13H16BrClN4. The van der Waals surface area contributed by atoms with Gasteiger partial charge in [-0.1, -0.05) is 27.5 Å². The number of aryl methyl sites for hydroxylation is 1. The van der Waals surface area contributed by atoms with Gasteiger partial charge in [0, 0.05) is 28.5 Å². The molecule has 0 bridgehead atoms. The monoisotopic (exact) mass is 342 g/mol. The molecule has 102 valence electrons. The first-order valence-corrected chi connectivity index (χ1v) is 7.31. The van der Waals surface area contributed by atoms with Crippen LogP contribution >= 0.6 is 27.5 Å². The van der Waals surface area contributed by atoms with Crippen LogP contribution in [0.15, 0.2) is 29.0 Å². The van der Waals surface area contributed by atoms with Crippen LogP contribution in [0.2, 0.25) is 5.02 Å². The lowest BCUT2D eigenvalue weighted by Crippen LogP contribution is -2.21. The van der Waals surface area contributed by atoms with Gasteiger partial charge >= 0.3 is 0 Å². The Hall–Kier alpha value is -0.910. The smallest absolute Gasteiger partial charge is 0.138 e. The quantitative estimate of drug-likeness (QED) is 0.906. The SMILES string of the molecule is CCn1ncnc1CC(NC)c1cc(Br)ccc1Cl. The second kappa shape index (κ2) is 6.50. The number of likely N-dealkylation sites (N-methyl/N-ethyl adjacent to an activating group) is 1. The van der Waals surface area contributed by atoms with Gasteiger partial charge in [0.25, 0.3) is 0 Å². The standard InChI is InChI=1S/C13H16BrClN4/c1-3-19-13(17-8-18-19)7-12(16-2)10-6-9(14)4-5-11(10)15/h4-6,8,12,16H,3,7H2,1-2H3. The minimum absolute atomic E-state index is 0.111. The largest absolute Gasteiger partial charge is 0.313 e. The summed E-state index contributed by atoms with van der Waals surface area (Å²) in [6.45, 7) is 2.87. The third-order valence-corrected chi connectivity index (χ3v) is 3.90. The van der Waals surface area contributed by atoms with Gasteiger partial charge in [-0.3, -0.25) is 4.68 Å². The molecule has 1 atom stereocenters. The summed E-state index contributed by atoms with van der Waals surface area (Å²) in [5.74, 6) is 0.956. The molecule has 2 aromatic rings. The number of nitrogens with one attached hydrogen (secondary N) is 1. The Morgan fingerprint density at radius 2 is 2.26 bits per heavy atom. The summed E-state index contributed by atoms with van der Waals surface area (Å²) < 4.78 is 2.92. The van der Waals surface area contributed by atoms with Crippen molar-refractivity contribution in [1.82, 2.24) is 20.1 Å². The number of hydrogen-bond acceptors (Lipinski definition) is 3. The first kappa shape index (κ1) is 14.5. The van der Waals surface area contributed by atoms with E-state index in [0.717, 1.165) is 33.8 Å². The molecule has 0 saturated carbocycles. The summed E-state index contributed by atoms with van der Waals surface area (Å²) in [6.07, 6.45) is 2.34. The molecule has 1 aromatic heterocycles. The van der Waals surface area contributed by atoms with Crippen LogP contribution in [0.4, 0.5) is 0 Å². The molecule has 0 spiro atoms. The van der Waals surface area contributed by atoms with Crippen LogP contribution < -0.4 is 5.32 Å². The van der Waals surface area contributed by atoms with Crippen molar-refractivity contribution in [3.8, 4) is 0 Å². The number of hydrogen-bond donors (Lipinski definition) is 1. The zero-order valence-electron chi connectivity index (χ0n) is 10.9. The number of nitrogens with zero attached hydrogens (tertiary/aromatic N) is 3. The molecular weight excluding hydrogens is 328 g/mol. The molecule has 0 saturated heterocycles. The zero-order valence-corrected chi connectivity index (χ0v) is 13.2. The van der Waals surface area contributed by atoms with Gasteiger partial charge in [0.1, 0.15) is 12.2 Å². The van der Waals surface area contributed by atoms with E-state index < -0.39 is 0 Å². The molecule has 0 fully saturated rings. The van der Waals surface area contributed by atoms with Crippen molar-refractivity contribution < 1.29 is 0 Å². The lowest BCUT2D eigenvalue weighted by molar-refractivity contribution is 0.533. The Morgan fingerprint density at radius 1 is 1.47 bits per heavy atom. The minimum atomic E-state index is 0.111. The Labute approximate surface area is 126 Å². The minimum Gasteiger partial charge on any atom is -0.313 e. The van der Waals surface area contributed by atoms with E-state index in [9.17, 15) is 0 Å². The molecule has 0 amide bonds. The summed E-state index contributed by atoms with van der Waals surface area (Å²) in [5.41, 5.74) is 1.06. The van der Waals surface area contributed by atoms with E-state index in [-0.39, 0.29) is 6.04 Å². The molecule has 0 aliphatic heterocycles. The van der Waals surface area contributed by atoms with Crippen molar-refractivity contribution in [2.75, 3.05) is 7.05 Å². The fraction of sp³-hybridized carbons (Fsp3) is 0.385. The van der Waals surface area contributed by atoms with Crippen LogP contribution in [0.1, 0.15) is 24.4 Å². The fourth-order valence-electron chi connectivity index (χ4n) is 2.04. The van der Waals surface area contributed by atoms with Crippen LogP contribution in [0.25, 0.3) is 0 Å². The van der Waals surface area contributed by atoms with Crippen molar-refractivity contribution in [2.24, 2.45) is 0 Å². The van der Waals surface area contributed by atoms with Crippen molar-refractivity contribution in [3.05, 3.63) is 45.4 Å². The molecule has 1 aromatic carbocycles. The topological polar surface area (TPSA) is 42.7 Å². The first-order chi connectivity index (χ1) is 9.15. The lowest BCUT2D eigenvalue weighted by atomic mass is 10.0. The summed E-state index contributed by atoms with van der Waals surface area (Å²) in [7, 11) is 1.93. The fourth-order valence-corrected chi connectivity index (χ4v) is 2.67. The van der Waals surface area contributed by atoms with Gasteiger partial charge < -0.3 is 5.32 Å². The molecule has 1 heterocycles. The van der Waals surface area contributed by atoms with Gasteiger partial charge in [-0.15, -0.1) is 0 Å². The van der Waals surface area contributed by atoms with Crippen LogP contribution in [0.3, 0.4) is 0 Å². The predicted octanol–water partition coefficient (Wildman–Crippen LogP) is 3.22.